The van der Waals surface area contributed by atoms with Crippen molar-refractivity contribution in [1.82, 2.24) is 10.1 Å². The smallest absolute Gasteiger partial charge is 0.258 e. The Kier molecular flexibility index (Phi) is 4.16. The highest BCUT2D eigenvalue weighted by Crippen LogP contribution is 2.32. The summed E-state index contributed by atoms with van der Waals surface area (Å²) in [6.45, 7) is 2.57. The third-order valence-electron chi connectivity index (χ3n) is 4.56. The number of aromatic nitrogens is 2. The zero-order valence-corrected chi connectivity index (χ0v) is 14.7. The van der Waals surface area contributed by atoms with E-state index < -0.39 is 0 Å². The van der Waals surface area contributed by atoms with E-state index in [1.165, 1.54) is 0 Å². The molecule has 2 heterocycles. The number of rotatable bonds is 4. The monoisotopic (exact) mass is 349 g/mol. The molecule has 26 heavy (non-hydrogen) atoms. The van der Waals surface area contributed by atoms with E-state index in [0.717, 1.165) is 22.6 Å². The Balaban J connectivity index is 1.56. The molecule has 0 bridgehead atoms. The first-order valence-electron chi connectivity index (χ1n) is 8.49. The summed E-state index contributed by atoms with van der Waals surface area (Å²) in [6.07, 6.45) is 0.380. The second-order valence-corrected chi connectivity index (χ2v) is 6.43. The van der Waals surface area contributed by atoms with Crippen molar-refractivity contribution in [3.63, 3.8) is 0 Å². The fraction of sp³-hybridized carbons (Fsp3) is 0.250. The summed E-state index contributed by atoms with van der Waals surface area (Å²) < 4.78 is 10.6. The number of carbonyl (C=O) groups excluding carboxylic acids is 1. The Morgan fingerprint density at radius 2 is 2.04 bits per heavy atom. The number of anilines is 1. The standard InChI is InChI=1S/C20H19N3O3/c1-13-5-3-7-16(9-13)23-12-15(11-18(23)24)19-21-20(26-22-19)14-6-4-8-17(10-14)25-2/h3-10,15H,11-12H2,1-2H3. The van der Waals surface area contributed by atoms with Crippen LogP contribution in [-0.2, 0) is 4.79 Å². The summed E-state index contributed by atoms with van der Waals surface area (Å²) in [7, 11) is 1.61. The number of amides is 1. The highest BCUT2D eigenvalue weighted by atomic mass is 16.5. The van der Waals surface area contributed by atoms with Gasteiger partial charge < -0.3 is 14.2 Å². The van der Waals surface area contributed by atoms with Gasteiger partial charge in [-0.3, -0.25) is 4.79 Å². The molecule has 0 saturated carbocycles. The van der Waals surface area contributed by atoms with Crippen LogP contribution in [0.15, 0.2) is 53.1 Å². The van der Waals surface area contributed by atoms with Crippen molar-refractivity contribution in [1.29, 1.82) is 0 Å². The molecule has 1 fully saturated rings. The quantitative estimate of drug-likeness (QED) is 0.720. The number of carbonyl (C=O) groups is 1. The Hall–Kier alpha value is -3.15. The third-order valence-corrected chi connectivity index (χ3v) is 4.56. The number of methoxy groups -OCH3 is 1. The number of ether oxygens (including phenoxy) is 1. The molecule has 0 spiro atoms. The molecule has 1 amide bonds. The second kappa shape index (κ2) is 6.63. The second-order valence-electron chi connectivity index (χ2n) is 6.43. The predicted octanol–water partition coefficient (Wildman–Crippen LogP) is 3.57. The summed E-state index contributed by atoms with van der Waals surface area (Å²) >= 11 is 0. The first kappa shape index (κ1) is 16.3. The van der Waals surface area contributed by atoms with Crippen LogP contribution in [0.4, 0.5) is 5.69 Å². The van der Waals surface area contributed by atoms with Crippen molar-refractivity contribution in [2.24, 2.45) is 0 Å². The van der Waals surface area contributed by atoms with Crippen LogP contribution < -0.4 is 9.64 Å². The van der Waals surface area contributed by atoms with E-state index >= 15 is 0 Å². The molecule has 6 nitrogen and oxygen atoms in total. The van der Waals surface area contributed by atoms with Crippen LogP contribution in [0.3, 0.4) is 0 Å². The average molecular weight is 349 g/mol. The minimum Gasteiger partial charge on any atom is -0.497 e. The molecule has 0 N–H and O–H groups in total. The SMILES string of the molecule is COc1cccc(-c2nc(C3CC(=O)N(c4cccc(C)c4)C3)no2)c1. The van der Waals surface area contributed by atoms with Gasteiger partial charge in [0.25, 0.3) is 5.89 Å². The van der Waals surface area contributed by atoms with Gasteiger partial charge in [-0.2, -0.15) is 4.98 Å². The molecular weight excluding hydrogens is 330 g/mol. The van der Waals surface area contributed by atoms with E-state index in [4.69, 9.17) is 9.26 Å². The van der Waals surface area contributed by atoms with E-state index in [9.17, 15) is 4.79 Å². The summed E-state index contributed by atoms with van der Waals surface area (Å²) in [6, 6.07) is 15.4. The van der Waals surface area contributed by atoms with E-state index in [1.807, 2.05) is 55.5 Å². The normalized spacial score (nSPS) is 16.9. The molecule has 1 aromatic heterocycles. The van der Waals surface area contributed by atoms with E-state index in [-0.39, 0.29) is 11.8 Å². The molecule has 1 saturated heterocycles. The molecule has 0 aliphatic carbocycles. The molecule has 132 valence electrons. The molecular formula is C20H19N3O3. The highest BCUT2D eigenvalue weighted by Gasteiger charge is 2.34. The molecule has 1 aliphatic rings. The fourth-order valence-electron chi connectivity index (χ4n) is 3.20. The van der Waals surface area contributed by atoms with Gasteiger partial charge in [0.2, 0.25) is 5.91 Å². The zero-order chi connectivity index (χ0) is 18.1. The molecule has 1 unspecified atom stereocenters. The molecule has 1 aliphatic heterocycles. The van der Waals surface area contributed by atoms with Crippen LogP contribution in [0, 0.1) is 6.92 Å². The Morgan fingerprint density at radius 3 is 2.85 bits per heavy atom. The van der Waals surface area contributed by atoms with Gasteiger partial charge in [-0.25, -0.2) is 0 Å². The molecule has 3 aromatic rings. The number of hydrogen-bond acceptors (Lipinski definition) is 5. The Labute approximate surface area is 151 Å². The molecule has 4 rings (SSSR count). The lowest BCUT2D eigenvalue weighted by Crippen LogP contribution is -2.24. The average Bonchev–Trinajstić information content (AvgIpc) is 3.28. The largest absolute Gasteiger partial charge is 0.497 e. The van der Waals surface area contributed by atoms with Crippen LogP contribution in [0.25, 0.3) is 11.5 Å². The minimum atomic E-state index is -0.0777. The number of nitrogens with zero attached hydrogens (tertiary/aromatic N) is 3. The number of aryl methyl sites for hydroxylation is 1. The maximum absolute atomic E-state index is 12.5. The third kappa shape index (κ3) is 3.06. The van der Waals surface area contributed by atoms with Gasteiger partial charge in [0.05, 0.1) is 7.11 Å². The Bertz CT molecular complexity index is 951. The van der Waals surface area contributed by atoms with Crippen LogP contribution in [0.5, 0.6) is 5.75 Å². The van der Waals surface area contributed by atoms with E-state index in [0.29, 0.717) is 24.7 Å². The zero-order valence-electron chi connectivity index (χ0n) is 14.7. The van der Waals surface area contributed by atoms with Gasteiger partial charge in [-0.15, -0.1) is 0 Å². The first-order valence-corrected chi connectivity index (χ1v) is 8.49. The fourth-order valence-corrected chi connectivity index (χ4v) is 3.20. The summed E-state index contributed by atoms with van der Waals surface area (Å²) in [5.41, 5.74) is 2.83. The van der Waals surface area contributed by atoms with Gasteiger partial charge in [-0.05, 0) is 42.8 Å². The van der Waals surface area contributed by atoms with Crippen LogP contribution in [0.2, 0.25) is 0 Å². The van der Waals surface area contributed by atoms with Crippen molar-refractivity contribution in [2.45, 2.75) is 19.3 Å². The van der Waals surface area contributed by atoms with Crippen molar-refractivity contribution in [3.8, 4) is 17.2 Å². The van der Waals surface area contributed by atoms with Gasteiger partial charge in [0.15, 0.2) is 5.82 Å². The molecule has 0 radical (unpaired) electrons. The number of benzene rings is 2. The maximum atomic E-state index is 12.5. The molecule has 6 heteroatoms. The van der Waals surface area contributed by atoms with Gasteiger partial charge in [0.1, 0.15) is 5.75 Å². The molecule has 1 atom stereocenters. The Morgan fingerprint density at radius 1 is 1.19 bits per heavy atom. The first-order chi connectivity index (χ1) is 12.6. The van der Waals surface area contributed by atoms with E-state index in [1.54, 1.807) is 12.0 Å². The molecule has 2 aromatic carbocycles. The highest BCUT2D eigenvalue weighted by molar-refractivity contribution is 5.96. The van der Waals surface area contributed by atoms with Crippen LogP contribution in [-0.4, -0.2) is 29.7 Å². The number of hydrogen-bond donors (Lipinski definition) is 0. The van der Waals surface area contributed by atoms with Crippen LogP contribution >= 0.6 is 0 Å². The van der Waals surface area contributed by atoms with Gasteiger partial charge in [0, 0.05) is 30.1 Å². The van der Waals surface area contributed by atoms with Crippen molar-refractivity contribution < 1.29 is 14.1 Å². The maximum Gasteiger partial charge on any atom is 0.258 e. The lowest BCUT2D eigenvalue weighted by atomic mass is 10.1. The summed E-state index contributed by atoms with van der Waals surface area (Å²) in [5, 5.41) is 4.10. The summed E-state index contributed by atoms with van der Waals surface area (Å²) in [4.78, 5) is 18.8. The van der Waals surface area contributed by atoms with Crippen LogP contribution in [0.1, 0.15) is 23.7 Å². The topological polar surface area (TPSA) is 68.5 Å². The van der Waals surface area contributed by atoms with Gasteiger partial charge >= 0.3 is 0 Å². The lowest BCUT2D eigenvalue weighted by molar-refractivity contribution is -0.117. The lowest BCUT2D eigenvalue weighted by Gasteiger charge is -2.16. The van der Waals surface area contributed by atoms with Crippen molar-refractivity contribution in [3.05, 3.63) is 59.9 Å². The van der Waals surface area contributed by atoms with E-state index in [2.05, 4.69) is 10.1 Å². The predicted molar refractivity (Wildman–Crippen MR) is 97.2 cm³/mol. The van der Waals surface area contributed by atoms with Gasteiger partial charge in [-0.1, -0.05) is 23.4 Å². The summed E-state index contributed by atoms with van der Waals surface area (Å²) in [5.74, 6) is 1.72. The van der Waals surface area contributed by atoms with Crippen molar-refractivity contribution >= 4 is 11.6 Å². The minimum absolute atomic E-state index is 0.0772. The van der Waals surface area contributed by atoms with Crippen molar-refractivity contribution in [2.75, 3.05) is 18.6 Å².